The van der Waals surface area contributed by atoms with Crippen molar-refractivity contribution in [1.82, 2.24) is 15.5 Å². The van der Waals surface area contributed by atoms with Crippen LogP contribution in [0.4, 0.5) is 0 Å². The Morgan fingerprint density at radius 3 is 2.62 bits per heavy atom. The van der Waals surface area contributed by atoms with Crippen molar-refractivity contribution in [2.45, 2.75) is 13.0 Å². The van der Waals surface area contributed by atoms with Crippen LogP contribution in [0.2, 0.25) is 8.67 Å². The molecule has 0 radical (unpaired) electrons. The van der Waals surface area contributed by atoms with E-state index in [0.717, 1.165) is 15.6 Å². The molecule has 2 aromatic rings. The number of rotatable bonds is 3. The Balaban J connectivity index is 2.35. The van der Waals surface area contributed by atoms with Crippen molar-refractivity contribution in [2.75, 3.05) is 7.05 Å². The lowest BCUT2D eigenvalue weighted by Crippen LogP contribution is -2.11. The molecule has 2 aromatic heterocycles. The number of nitrogens with one attached hydrogen (secondary N) is 1. The first-order valence-electron chi connectivity index (χ1n) is 4.57. The lowest BCUT2D eigenvalue weighted by Gasteiger charge is -2.02. The van der Waals surface area contributed by atoms with Crippen molar-refractivity contribution in [3.05, 3.63) is 19.7 Å². The molecule has 1 N–H and O–H groups in total. The molecule has 1 atom stereocenters. The summed E-state index contributed by atoms with van der Waals surface area (Å²) >= 11 is 14.8. The summed E-state index contributed by atoms with van der Waals surface area (Å²) in [5.41, 5.74) is 0.865. The second-order valence-corrected chi connectivity index (χ2v) is 6.49. The van der Waals surface area contributed by atoms with Gasteiger partial charge in [-0.05, 0) is 20.0 Å². The summed E-state index contributed by atoms with van der Waals surface area (Å²) in [4.78, 5) is 0. The highest BCUT2D eigenvalue weighted by Crippen LogP contribution is 2.39. The van der Waals surface area contributed by atoms with Crippen LogP contribution in [-0.4, -0.2) is 17.2 Å². The van der Waals surface area contributed by atoms with Gasteiger partial charge in [-0.1, -0.05) is 34.5 Å². The van der Waals surface area contributed by atoms with Crippen LogP contribution in [0.1, 0.15) is 18.0 Å². The van der Waals surface area contributed by atoms with Crippen LogP contribution in [0.15, 0.2) is 6.07 Å². The zero-order valence-corrected chi connectivity index (χ0v) is 11.8. The first kappa shape index (κ1) is 12.3. The average molecular weight is 294 g/mol. The van der Waals surface area contributed by atoms with Gasteiger partial charge in [0.05, 0.1) is 10.4 Å². The Bertz CT molecular complexity index is 495. The summed E-state index contributed by atoms with van der Waals surface area (Å²) in [5.74, 6) is 0. The van der Waals surface area contributed by atoms with Crippen LogP contribution in [0, 0.1) is 0 Å². The summed E-state index contributed by atoms with van der Waals surface area (Å²) in [6.45, 7) is 2.03. The van der Waals surface area contributed by atoms with E-state index in [2.05, 4.69) is 15.5 Å². The van der Waals surface area contributed by atoms with Crippen LogP contribution >= 0.6 is 45.9 Å². The summed E-state index contributed by atoms with van der Waals surface area (Å²) in [7, 11) is 1.89. The Kier molecular flexibility index (Phi) is 3.81. The zero-order chi connectivity index (χ0) is 11.7. The van der Waals surface area contributed by atoms with Crippen molar-refractivity contribution < 1.29 is 0 Å². The van der Waals surface area contributed by atoms with Crippen molar-refractivity contribution in [2.24, 2.45) is 0 Å². The Morgan fingerprint density at radius 2 is 2.06 bits per heavy atom. The van der Waals surface area contributed by atoms with Crippen molar-refractivity contribution in [1.29, 1.82) is 0 Å². The molecule has 3 nitrogen and oxygen atoms in total. The van der Waals surface area contributed by atoms with E-state index < -0.39 is 0 Å². The molecule has 0 saturated heterocycles. The molecular weight excluding hydrogens is 285 g/mol. The predicted molar refractivity (Wildman–Crippen MR) is 70.7 cm³/mol. The summed E-state index contributed by atoms with van der Waals surface area (Å²) in [5, 5.41) is 13.1. The molecule has 1 unspecified atom stereocenters. The fourth-order valence-electron chi connectivity index (χ4n) is 1.13. The van der Waals surface area contributed by atoms with Crippen LogP contribution in [0.3, 0.4) is 0 Å². The third-order valence-electron chi connectivity index (χ3n) is 2.13. The minimum Gasteiger partial charge on any atom is -0.311 e. The largest absolute Gasteiger partial charge is 0.311 e. The molecule has 0 aliphatic rings. The van der Waals surface area contributed by atoms with Crippen molar-refractivity contribution in [3.8, 4) is 10.6 Å². The molecule has 0 aromatic carbocycles. The molecule has 2 rings (SSSR count). The van der Waals surface area contributed by atoms with Crippen LogP contribution in [0.25, 0.3) is 10.6 Å². The minimum absolute atomic E-state index is 0.194. The summed E-state index contributed by atoms with van der Waals surface area (Å²) < 4.78 is 1.32. The van der Waals surface area contributed by atoms with E-state index >= 15 is 0 Å². The molecule has 0 saturated carbocycles. The van der Waals surface area contributed by atoms with Gasteiger partial charge in [0.25, 0.3) is 0 Å². The molecule has 0 aliphatic heterocycles. The van der Waals surface area contributed by atoms with E-state index in [4.69, 9.17) is 23.2 Å². The molecule has 0 aliphatic carbocycles. The number of halogens is 2. The number of hydrogen-bond donors (Lipinski definition) is 1. The fraction of sp³-hybridized carbons (Fsp3) is 0.333. The second-order valence-electron chi connectivity index (χ2n) is 3.19. The van der Waals surface area contributed by atoms with Gasteiger partial charge in [0.2, 0.25) is 0 Å². The summed E-state index contributed by atoms with van der Waals surface area (Å²) in [6.07, 6.45) is 0. The fourth-order valence-corrected chi connectivity index (χ4v) is 3.64. The maximum absolute atomic E-state index is 6.06. The van der Waals surface area contributed by atoms with E-state index in [1.165, 1.54) is 22.7 Å². The van der Waals surface area contributed by atoms with E-state index in [1.54, 1.807) is 0 Å². The first-order chi connectivity index (χ1) is 7.61. The minimum atomic E-state index is 0.194. The lowest BCUT2D eigenvalue weighted by atomic mass is 10.4. The highest BCUT2D eigenvalue weighted by atomic mass is 35.5. The monoisotopic (exact) mass is 293 g/mol. The van der Waals surface area contributed by atoms with Gasteiger partial charge in [0.15, 0.2) is 0 Å². The maximum Gasteiger partial charge on any atom is 0.150 e. The lowest BCUT2D eigenvalue weighted by molar-refractivity contribution is 0.640. The normalized spacial score (nSPS) is 13.0. The quantitative estimate of drug-likeness (QED) is 0.934. The van der Waals surface area contributed by atoms with Crippen molar-refractivity contribution >= 4 is 45.9 Å². The molecule has 2 heterocycles. The molecule has 16 heavy (non-hydrogen) atoms. The molecular formula is C9H9Cl2N3S2. The van der Waals surface area contributed by atoms with Crippen LogP contribution in [-0.2, 0) is 0 Å². The standard InChI is InChI=1S/C9H9Cl2N3S2/c1-4(12-2)8-13-14-9(16-8)5-3-6(10)15-7(5)11/h3-4,12H,1-2H3. The molecule has 86 valence electrons. The number of hydrogen-bond acceptors (Lipinski definition) is 5. The Morgan fingerprint density at radius 1 is 1.31 bits per heavy atom. The topological polar surface area (TPSA) is 37.8 Å². The number of aromatic nitrogens is 2. The highest BCUT2D eigenvalue weighted by Gasteiger charge is 2.15. The van der Waals surface area contributed by atoms with Gasteiger partial charge in [-0.3, -0.25) is 0 Å². The second kappa shape index (κ2) is 4.98. The first-order valence-corrected chi connectivity index (χ1v) is 6.96. The molecule has 0 bridgehead atoms. The third-order valence-corrected chi connectivity index (χ3v) is 4.76. The van der Waals surface area contributed by atoms with Crippen LogP contribution < -0.4 is 5.32 Å². The molecule has 0 spiro atoms. The van der Waals surface area contributed by atoms with E-state index in [9.17, 15) is 0 Å². The maximum atomic E-state index is 6.06. The van der Waals surface area contributed by atoms with Gasteiger partial charge in [0, 0.05) is 5.56 Å². The molecule has 7 heteroatoms. The molecule has 0 amide bonds. The van der Waals surface area contributed by atoms with Gasteiger partial charge in [-0.25, -0.2) is 0 Å². The van der Waals surface area contributed by atoms with Crippen LogP contribution in [0.5, 0.6) is 0 Å². The van der Waals surface area contributed by atoms with Gasteiger partial charge in [0.1, 0.15) is 14.4 Å². The predicted octanol–water partition coefficient (Wildman–Crippen LogP) is 3.85. The van der Waals surface area contributed by atoms with Gasteiger partial charge in [-0.15, -0.1) is 21.5 Å². The Hall–Kier alpha value is -0.200. The zero-order valence-electron chi connectivity index (χ0n) is 8.62. The van der Waals surface area contributed by atoms with Gasteiger partial charge in [-0.2, -0.15) is 0 Å². The van der Waals surface area contributed by atoms with E-state index in [0.29, 0.717) is 8.67 Å². The van der Waals surface area contributed by atoms with Crippen molar-refractivity contribution in [3.63, 3.8) is 0 Å². The molecule has 0 fully saturated rings. The third kappa shape index (κ3) is 2.38. The van der Waals surface area contributed by atoms with Gasteiger partial charge >= 0.3 is 0 Å². The SMILES string of the molecule is CNC(C)c1nnc(-c2cc(Cl)sc2Cl)s1. The highest BCUT2D eigenvalue weighted by molar-refractivity contribution is 7.21. The number of nitrogens with zero attached hydrogens (tertiary/aromatic N) is 2. The van der Waals surface area contributed by atoms with E-state index in [-0.39, 0.29) is 6.04 Å². The Labute approximate surface area is 111 Å². The average Bonchev–Trinajstić information content (AvgIpc) is 2.83. The van der Waals surface area contributed by atoms with Gasteiger partial charge < -0.3 is 5.32 Å². The van der Waals surface area contributed by atoms with E-state index in [1.807, 2.05) is 20.0 Å². The number of thiophene rings is 1. The summed E-state index contributed by atoms with van der Waals surface area (Å²) in [6, 6.07) is 2.02. The smallest absolute Gasteiger partial charge is 0.150 e.